The lowest BCUT2D eigenvalue weighted by Crippen LogP contribution is -2.21. The number of para-hydroxylation sites is 3. The van der Waals surface area contributed by atoms with Crippen LogP contribution in [-0.4, -0.2) is 164 Å². The highest BCUT2D eigenvalue weighted by Gasteiger charge is 2.45. The number of Topliss-reactive ketones (excluding diaryl/α,β-unsaturated/α-hetero) is 2. The van der Waals surface area contributed by atoms with Crippen LogP contribution in [-0.2, 0) is 62.6 Å². The van der Waals surface area contributed by atoms with Gasteiger partial charge in [0.1, 0.15) is 83.9 Å². The minimum absolute atomic E-state index is 0. The Morgan fingerprint density at radius 3 is 1.09 bits per heavy atom. The van der Waals surface area contributed by atoms with Crippen LogP contribution in [0.3, 0.4) is 0 Å². The molecule has 3 aliphatic heterocycles. The summed E-state index contributed by atoms with van der Waals surface area (Å²) in [6.45, 7) is 1.40. The number of nitrogens with one attached hydrogen (secondary N) is 3. The van der Waals surface area contributed by atoms with Gasteiger partial charge in [-0.25, -0.2) is 80.0 Å². The van der Waals surface area contributed by atoms with Crippen LogP contribution >= 0.6 is 27.0 Å². The number of carboxylic acids is 1. The Morgan fingerprint density at radius 1 is 0.475 bits per heavy atom. The molecule has 3 saturated heterocycles. The van der Waals surface area contributed by atoms with Crippen molar-refractivity contribution in [2.24, 2.45) is 38.9 Å². The third kappa shape index (κ3) is 19.3. The van der Waals surface area contributed by atoms with Crippen LogP contribution in [0.15, 0.2) is 91.8 Å². The number of fused-ring (bicyclic) bond motifs is 3. The number of nitrogens with zero attached hydrogens (tertiary/aromatic N) is 18. The largest absolute Gasteiger partial charge is 0.494 e. The molecule has 0 amide bonds. The van der Waals surface area contributed by atoms with Crippen molar-refractivity contribution < 1.29 is 83.0 Å². The number of carbonyl (C=O) groups is 3. The molecule has 3 saturated carbocycles. The highest BCUT2D eigenvalue weighted by Crippen LogP contribution is 2.46. The van der Waals surface area contributed by atoms with Gasteiger partial charge in [-0.3, -0.25) is 42.1 Å². The number of pyridine rings is 3. The summed E-state index contributed by atoms with van der Waals surface area (Å²) in [5.41, 5.74) is 13.1. The van der Waals surface area contributed by atoms with Crippen LogP contribution in [0.5, 0.6) is 17.2 Å². The van der Waals surface area contributed by atoms with Gasteiger partial charge in [-0.05, 0) is 132 Å². The minimum Gasteiger partial charge on any atom is -0.494 e. The van der Waals surface area contributed by atoms with E-state index in [1.807, 2.05) is 30.3 Å². The smallest absolute Gasteiger partial charge is 0.309 e. The lowest BCUT2D eigenvalue weighted by molar-refractivity contribution is -0.139. The van der Waals surface area contributed by atoms with Crippen molar-refractivity contribution in [1.29, 1.82) is 0 Å². The maximum Gasteiger partial charge on any atom is 0.309 e. The quantitative estimate of drug-likeness (QED) is 0.0332. The maximum atomic E-state index is 14.3. The van der Waals surface area contributed by atoms with Gasteiger partial charge in [0.15, 0.2) is 69.1 Å². The fraction of sp³-hybridized carbons (Fsp3) is 0.438. The highest BCUT2D eigenvalue weighted by molar-refractivity contribution is 7.59. The standard InChI is InChI=1S/C27H28F3N7O3.C27H29F2N7O3.C22H24F2N8O2.C4H5FO2.2H2S/c1-36-13-31-25(35-36)15-6-5-7-18(23(15)39-2)33-19-10-14(11-20(38)16-12-17(16)28)32-26-22(19)34-27(24(29)30)37(26)21-8-3-4-9-40-21;1-35-14-30-25(34-35)17-6-5-7-18(23(17)38-2)32-19-12-16(13-20(37)15-9-10-15)31-26-22(19)33-27(24(28)29)36(26)21-8-3-4-11-39-21;1-31-11-26-20(30-31)12-6-5-7-13(18(12)33-2)27-14-10-15(25)28-21-17(14)29-22(19(23)24)32(21)16-8-3-4-9-34-16;5-3-1-2(3)4(6)7;;/h5-7,10,13,16-17,21,24H,3-4,8-9,11-12H2,1-2H3,(H,32,33);5-7,12,14-15,21,24H,3-4,8-11,13H2,1-2H3,(H,31,32);5-7,10-11,16,19H,3-4,8-9H2,1-2H3,(H3,25,27,28);2-3H,1H2,(H,6,7);2*1H2/t16-,17+,21?;;;2-,3+;;/m1..1../s1. The molecule has 3 unspecified atom stereocenters. The van der Waals surface area contributed by atoms with E-state index >= 15 is 0 Å². The summed E-state index contributed by atoms with van der Waals surface area (Å²) in [5, 5.41) is 30.9. The Balaban J connectivity index is 0.000000150. The number of ketones is 2. The number of halogens is 8. The molecule has 12 aromatic rings. The van der Waals surface area contributed by atoms with Crippen molar-refractivity contribution >= 4 is 118 Å². The van der Waals surface area contributed by atoms with E-state index in [2.05, 4.69) is 76.1 Å². The van der Waals surface area contributed by atoms with Crippen molar-refractivity contribution in [2.75, 3.05) is 62.8 Å². The van der Waals surface area contributed by atoms with Gasteiger partial charge in [0, 0.05) is 65.8 Å². The number of nitrogens with two attached hydrogens (primary N) is 1. The molecular weight excluding hydrogens is 1650 g/mol. The van der Waals surface area contributed by atoms with Crippen LogP contribution in [0.2, 0.25) is 0 Å². The number of hydrogen-bond acceptors (Lipinski definition) is 25. The first-order valence-electron chi connectivity index (χ1n) is 39.1. The van der Waals surface area contributed by atoms with Crippen molar-refractivity contribution in [3.05, 3.63) is 121 Å². The van der Waals surface area contributed by atoms with Crippen LogP contribution in [0, 0.1) is 17.8 Å². The number of ether oxygens (including phenoxy) is 6. The number of anilines is 7. The van der Waals surface area contributed by atoms with Gasteiger partial charge >= 0.3 is 5.97 Å². The van der Waals surface area contributed by atoms with Gasteiger partial charge in [-0.1, -0.05) is 18.2 Å². The summed E-state index contributed by atoms with van der Waals surface area (Å²) >= 11 is 0. The summed E-state index contributed by atoms with van der Waals surface area (Å²) in [7, 11) is 9.88. The molecule has 18 rings (SSSR count). The fourth-order valence-corrected chi connectivity index (χ4v) is 14.8. The number of carboxylic acid groups (broad SMARTS) is 1. The van der Waals surface area contributed by atoms with Crippen molar-refractivity contribution in [3.8, 4) is 51.4 Å². The maximum absolute atomic E-state index is 14.3. The summed E-state index contributed by atoms with van der Waals surface area (Å²) in [6, 6.07) is 21.1. The number of aromatic nitrogens is 18. The molecule has 0 spiro atoms. The van der Waals surface area contributed by atoms with Gasteiger partial charge in [0.2, 0.25) is 0 Å². The number of alkyl halides is 8. The number of nitrogen functional groups attached to an aromatic ring is 1. The summed E-state index contributed by atoms with van der Waals surface area (Å²) in [4.78, 5) is 74.6. The first-order valence-corrected chi connectivity index (χ1v) is 39.1. The second-order valence-electron chi connectivity index (χ2n) is 29.7. The molecule has 7 atom stereocenters. The molecule has 3 aromatic carbocycles. The van der Waals surface area contributed by atoms with Crippen molar-refractivity contribution in [2.45, 2.75) is 147 Å². The topological polar surface area (TPSA) is 373 Å². The molecule has 9 aromatic heterocycles. The number of carbonyl (C=O) groups excluding carboxylic acids is 2. The SMILES string of the molecule is COc1c(Nc2cc(CC(=O)C3CC3)nc3c2nc(C(F)F)n3C2CCCCO2)cccc1-c1ncn(C)n1.COc1c(Nc2cc(CC(=O)[C@@H]3C[C@@H]3F)nc3c2nc(C(F)F)n3C2CCCCO2)cccc1-c1ncn(C)n1.COc1c(Nc2cc(N)nc3c2nc(C(F)F)n3C2CCCCO2)cccc1-c1ncn(C)n1.O=C(O)[C@@H]1C[C@@H]1F.S.S. The molecule has 6 N–H and O–H groups in total. The zero-order valence-corrected chi connectivity index (χ0v) is 69.0. The predicted octanol–water partition coefficient (Wildman–Crippen LogP) is 15.1. The molecule has 32 nitrogen and oxygen atoms in total. The van der Waals surface area contributed by atoms with Gasteiger partial charge in [-0.2, -0.15) is 42.3 Å². The van der Waals surface area contributed by atoms with E-state index in [0.29, 0.717) is 136 Å². The first kappa shape index (κ1) is 88.2. The zero-order valence-electron chi connectivity index (χ0n) is 67.0. The fourth-order valence-electron chi connectivity index (χ4n) is 14.8. The van der Waals surface area contributed by atoms with Crippen LogP contribution in [0.25, 0.3) is 67.7 Å². The predicted molar refractivity (Wildman–Crippen MR) is 442 cm³/mol. The lowest BCUT2D eigenvalue weighted by Gasteiger charge is -2.25. The van der Waals surface area contributed by atoms with Gasteiger partial charge in [0.05, 0.1) is 95.4 Å². The van der Waals surface area contributed by atoms with Crippen LogP contribution in [0.4, 0.5) is 75.1 Å². The molecule has 122 heavy (non-hydrogen) atoms. The summed E-state index contributed by atoms with van der Waals surface area (Å²) < 4.78 is 154. The molecule has 6 fully saturated rings. The van der Waals surface area contributed by atoms with E-state index in [-0.39, 0.29) is 109 Å². The molecule has 12 heterocycles. The van der Waals surface area contributed by atoms with E-state index in [9.17, 15) is 49.5 Å². The minimum atomic E-state index is -2.88. The number of hydrogen-bond donors (Lipinski definition) is 5. The number of imidazole rings is 3. The molecule has 0 radical (unpaired) electrons. The molecule has 6 aliphatic rings. The number of rotatable bonds is 25. The van der Waals surface area contributed by atoms with E-state index in [4.69, 9.17) is 39.3 Å². The Kier molecular flexibility index (Phi) is 27.6. The van der Waals surface area contributed by atoms with Gasteiger partial charge in [0.25, 0.3) is 19.3 Å². The second kappa shape index (κ2) is 38.2. The highest BCUT2D eigenvalue weighted by atomic mass is 32.1. The lowest BCUT2D eigenvalue weighted by atomic mass is 10.1. The Bertz CT molecular complexity index is 5750. The number of methoxy groups -OCH3 is 3. The second-order valence-corrected chi connectivity index (χ2v) is 29.7. The molecule has 3 aliphatic carbocycles. The van der Waals surface area contributed by atoms with E-state index in [0.717, 1.165) is 51.4 Å². The summed E-state index contributed by atoms with van der Waals surface area (Å²) in [6.07, 6.45) is 1.15. The van der Waals surface area contributed by atoms with Crippen LogP contribution < -0.4 is 35.9 Å². The van der Waals surface area contributed by atoms with E-state index in [1.54, 1.807) is 104 Å². The van der Waals surface area contributed by atoms with E-state index < -0.39 is 85.6 Å². The van der Waals surface area contributed by atoms with Crippen LogP contribution in [0.1, 0.15) is 150 Å². The third-order valence-corrected chi connectivity index (χ3v) is 21.0. The number of aliphatic carboxylic acids is 1. The molecule has 0 bridgehead atoms. The normalized spacial score (nSPS) is 19.1. The number of benzene rings is 3. The monoisotopic (exact) mass is 1730 g/mol. The Labute approximate surface area is 705 Å². The van der Waals surface area contributed by atoms with E-state index in [1.165, 1.54) is 27.9 Å². The van der Waals surface area contributed by atoms with Crippen molar-refractivity contribution in [1.82, 2.24) is 87.9 Å². The number of aryl methyl sites for hydroxylation is 3. The van der Waals surface area contributed by atoms with Gasteiger partial charge in [-0.15, -0.1) is 0 Å². The molecular formula is C80H90F8N22O10S2. The molecule has 648 valence electrons. The van der Waals surface area contributed by atoms with Gasteiger partial charge < -0.3 is 55.2 Å². The van der Waals surface area contributed by atoms with Crippen molar-refractivity contribution in [3.63, 3.8) is 0 Å². The Morgan fingerprint density at radius 2 is 0.811 bits per heavy atom. The first-order chi connectivity index (χ1) is 57.9. The molecule has 42 heteroatoms. The Hall–Kier alpha value is -11.6. The average molecular weight is 1740 g/mol. The average Bonchev–Trinajstić information content (AvgIpc) is 1.60. The summed E-state index contributed by atoms with van der Waals surface area (Å²) in [5.74, 6) is -0.780. The third-order valence-electron chi connectivity index (χ3n) is 21.0. The zero-order chi connectivity index (χ0) is 84.3.